The highest BCUT2D eigenvalue weighted by molar-refractivity contribution is 8.03. The van der Waals surface area contributed by atoms with Gasteiger partial charge in [0.15, 0.2) is 6.54 Å². The Labute approximate surface area is 288 Å². The van der Waals surface area contributed by atoms with E-state index in [1.165, 1.54) is 0 Å². The molecule has 0 amide bonds. The number of aromatic nitrogens is 1. The van der Waals surface area contributed by atoms with Crippen molar-refractivity contribution in [2.75, 3.05) is 28.6 Å². The maximum absolute atomic E-state index is 11.9. The van der Waals surface area contributed by atoms with E-state index in [2.05, 4.69) is 15.5 Å². The van der Waals surface area contributed by atoms with Crippen LogP contribution in [-0.4, -0.2) is 48.9 Å². The third kappa shape index (κ3) is 8.56. The van der Waals surface area contributed by atoms with Gasteiger partial charge in [-0.2, -0.15) is 13.0 Å². The van der Waals surface area contributed by atoms with Crippen molar-refractivity contribution < 1.29 is 27.4 Å². The summed E-state index contributed by atoms with van der Waals surface area (Å²) in [6, 6.07) is 18.9. The third-order valence-corrected chi connectivity index (χ3v) is 11.4. The van der Waals surface area contributed by atoms with Crippen LogP contribution in [0.5, 0.6) is 0 Å². The molecule has 3 aromatic carbocycles. The first-order valence-corrected chi connectivity index (χ1v) is 19.0. The molecule has 2 N–H and O–H groups in total. The van der Waals surface area contributed by atoms with Crippen LogP contribution in [0.2, 0.25) is 10.0 Å². The lowest BCUT2D eigenvalue weighted by Crippen LogP contribution is -2.39. The summed E-state index contributed by atoms with van der Waals surface area (Å²) in [7, 11) is -4.08. The molecule has 1 aliphatic rings. The Morgan fingerprint density at radius 3 is 2.46 bits per heavy atom. The quantitative estimate of drug-likeness (QED) is 0.0765. The van der Waals surface area contributed by atoms with E-state index in [0.717, 1.165) is 67.9 Å². The van der Waals surface area contributed by atoms with E-state index in [0.29, 0.717) is 23.1 Å². The monoisotopic (exact) mass is 720 g/mol. The summed E-state index contributed by atoms with van der Waals surface area (Å²) in [4.78, 5) is 17.2. The summed E-state index contributed by atoms with van der Waals surface area (Å²) in [5.41, 5.74) is 3.97. The minimum Gasteiger partial charge on any atom is -0.480 e. The molecule has 0 bridgehead atoms. The largest absolute Gasteiger partial charge is 0.480 e. The molecule has 2 heterocycles. The summed E-state index contributed by atoms with van der Waals surface area (Å²) in [6.45, 7) is 5.50. The molecule has 1 aliphatic heterocycles. The number of anilines is 2. The summed E-state index contributed by atoms with van der Waals surface area (Å²) in [5.74, 6) is -1.18. The molecule has 13 heteroatoms. The van der Waals surface area contributed by atoms with Crippen LogP contribution in [-0.2, 0) is 21.5 Å². The maximum Gasteiger partial charge on any atom is 0.326 e. The first-order valence-electron chi connectivity index (χ1n) is 15.0. The summed E-state index contributed by atoms with van der Waals surface area (Å²) in [5, 5.41) is 12.9. The van der Waals surface area contributed by atoms with E-state index in [9.17, 15) is 22.9 Å². The van der Waals surface area contributed by atoms with Crippen molar-refractivity contribution in [1.29, 1.82) is 0 Å². The molecule has 46 heavy (non-hydrogen) atoms. The Hall–Kier alpha value is -2.80. The van der Waals surface area contributed by atoms with Gasteiger partial charge < -0.3 is 14.9 Å². The second-order valence-corrected chi connectivity index (χ2v) is 15.9. The minimum atomic E-state index is -4.08. The third-order valence-electron chi connectivity index (χ3n) is 7.89. The van der Waals surface area contributed by atoms with Gasteiger partial charge in [-0.05, 0) is 75.6 Å². The minimum absolute atomic E-state index is 0.255. The second-order valence-electron chi connectivity index (χ2n) is 11.3. The number of nitrogens with zero attached hydrogens (tertiary/aromatic N) is 3. The first kappa shape index (κ1) is 34.5. The highest BCUT2D eigenvalue weighted by Crippen LogP contribution is 2.48. The molecule has 0 spiro atoms. The summed E-state index contributed by atoms with van der Waals surface area (Å²) < 4.78 is 35.3. The van der Waals surface area contributed by atoms with Gasteiger partial charge in [-0.15, -0.1) is 0 Å². The number of hydrogen-bond acceptors (Lipinski definition) is 7. The van der Waals surface area contributed by atoms with Crippen LogP contribution < -0.4 is 14.4 Å². The average molecular weight is 722 g/mol. The highest BCUT2D eigenvalue weighted by atomic mass is 35.5. The fraction of sp³-hybridized carbons (Fsp3) is 0.333. The number of carboxylic acid groups (broad SMARTS) is 1. The lowest BCUT2D eigenvalue weighted by Gasteiger charge is -2.29. The zero-order valence-corrected chi connectivity index (χ0v) is 29.5. The van der Waals surface area contributed by atoms with E-state index >= 15 is 0 Å². The van der Waals surface area contributed by atoms with Gasteiger partial charge in [0.05, 0.1) is 22.5 Å². The van der Waals surface area contributed by atoms with Crippen molar-refractivity contribution in [1.82, 2.24) is 0 Å². The van der Waals surface area contributed by atoms with Crippen molar-refractivity contribution in [3.63, 3.8) is 0 Å². The van der Waals surface area contributed by atoms with Gasteiger partial charge in [-0.1, -0.05) is 64.0 Å². The van der Waals surface area contributed by atoms with Crippen LogP contribution in [0.1, 0.15) is 43.2 Å². The van der Waals surface area contributed by atoms with Crippen molar-refractivity contribution in [2.24, 2.45) is 0 Å². The average Bonchev–Trinajstić information content (AvgIpc) is 3.51. The Bertz CT molecular complexity index is 1860. The molecule has 4 aromatic rings. The van der Waals surface area contributed by atoms with Crippen LogP contribution in [0.3, 0.4) is 0 Å². The number of thioether (sulfide) groups is 1. The Kier molecular flexibility index (Phi) is 11.2. The number of aryl methyl sites for hydroxylation is 2. The smallest absolute Gasteiger partial charge is 0.326 e. The summed E-state index contributed by atoms with van der Waals surface area (Å²) in [6.07, 6.45) is 4.99. The SMILES string of the molecule is Cc1ccc(N(CCCCCN2C(=Cc3sc4ccc(Cl)cc4[n+]3CCCS(=O)(=O)O)Sc3ccc(Cl)cc32)C(C)C(=O)O)cc1. The zero-order valence-electron chi connectivity index (χ0n) is 25.5. The second kappa shape index (κ2) is 15.0. The number of hydrogen-bond donors (Lipinski definition) is 2. The van der Waals surface area contributed by atoms with Crippen LogP contribution in [0.15, 0.2) is 70.6 Å². The Morgan fingerprint density at radius 2 is 1.74 bits per heavy atom. The summed E-state index contributed by atoms with van der Waals surface area (Å²) >= 11 is 16.0. The fourth-order valence-corrected chi connectivity index (χ4v) is 8.59. The predicted molar refractivity (Wildman–Crippen MR) is 190 cm³/mol. The number of halogens is 2. The van der Waals surface area contributed by atoms with Gasteiger partial charge in [0.2, 0.25) is 5.52 Å². The lowest BCUT2D eigenvalue weighted by molar-refractivity contribution is -0.668. The molecule has 0 fully saturated rings. The number of thiazole rings is 1. The number of aliphatic carboxylic acids is 1. The number of unbranched alkanes of at least 4 members (excludes halogenated alkanes) is 2. The van der Waals surface area contributed by atoms with E-state index in [1.54, 1.807) is 30.0 Å². The standard InChI is InChI=1S/C33H35Cl2N3O5S3/c1-22-7-11-26(12-8-22)36(23(2)33(39)40)15-4-3-5-16-37-27-19-24(34)9-13-29(27)44-31(37)21-32-38(17-6-18-46(41,42)43)28-20-25(35)10-14-30(28)45-32/h7-14,19-21,23H,3-6,15-18H2,1-2H3,(H-,39,40,41,42,43)/p+1. The molecule has 1 aromatic heterocycles. The van der Waals surface area contributed by atoms with E-state index < -0.39 is 22.1 Å². The van der Waals surface area contributed by atoms with E-state index in [1.807, 2.05) is 72.5 Å². The zero-order chi connectivity index (χ0) is 33.0. The molecule has 0 aliphatic carbocycles. The van der Waals surface area contributed by atoms with Crippen LogP contribution in [0.25, 0.3) is 16.3 Å². The van der Waals surface area contributed by atoms with Crippen LogP contribution in [0.4, 0.5) is 11.4 Å². The highest BCUT2D eigenvalue weighted by Gasteiger charge is 2.29. The van der Waals surface area contributed by atoms with E-state index in [-0.39, 0.29) is 12.2 Å². The molecule has 1 atom stereocenters. The molecular weight excluding hydrogens is 685 g/mol. The van der Waals surface area contributed by atoms with Gasteiger partial charge in [0, 0.05) is 46.2 Å². The van der Waals surface area contributed by atoms with Crippen molar-refractivity contribution >= 4 is 90.1 Å². The molecule has 1 unspecified atom stereocenters. The van der Waals surface area contributed by atoms with Gasteiger partial charge in [-0.25, -0.2) is 4.79 Å². The van der Waals surface area contributed by atoms with Crippen molar-refractivity contribution in [3.05, 3.63) is 86.3 Å². The predicted octanol–water partition coefficient (Wildman–Crippen LogP) is 8.14. The van der Waals surface area contributed by atoms with E-state index in [4.69, 9.17) is 23.2 Å². The Morgan fingerprint density at radius 1 is 1.02 bits per heavy atom. The van der Waals surface area contributed by atoms with Gasteiger partial charge in [-0.3, -0.25) is 4.55 Å². The number of benzene rings is 3. The Balaban J connectivity index is 1.35. The maximum atomic E-state index is 11.9. The number of fused-ring (bicyclic) bond motifs is 2. The van der Waals surface area contributed by atoms with Gasteiger partial charge in [0.1, 0.15) is 10.7 Å². The first-order chi connectivity index (χ1) is 21.9. The van der Waals surface area contributed by atoms with Crippen molar-refractivity contribution in [2.45, 2.75) is 57.0 Å². The molecular formula is C33H36Cl2N3O5S3+. The van der Waals surface area contributed by atoms with Crippen LogP contribution in [0, 0.1) is 6.92 Å². The topological polar surface area (TPSA) is 102 Å². The molecule has 0 saturated carbocycles. The molecule has 0 radical (unpaired) electrons. The van der Waals surface area contributed by atoms with Crippen molar-refractivity contribution in [3.8, 4) is 0 Å². The molecule has 244 valence electrons. The molecule has 5 rings (SSSR count). The molecule has 8 nitrogen and oxygen atoms in total. The van der Waals surface area contributed by atoms with Crippen LogP contribution >= 0.6 is 46.3 Å². The normalized spacial score (nSPS) is 14.6. The van der Waals surface area contributed by atoms with Gasteiger partial charge >= 0.3 is 5.97 Å². The number of carbonyl (C=O) groups is 1. The number of rotatable bonds is 14. The fourth-order valence-electron chi connectivity index (χ4n) is 5.48. The lowest BCUT2D eigenvalue weighted by atomic mass is 10.1. The molecule has 0 saturated heterocycles. The number of carboxylic acids is 1. The van der Waals surface area contributed by atoms with Gasteiger partial charge in [0.25, 0.3) is 15.1 Å².